The van der Waals surface area contributed by atoms with Gasteiger partial charge in [0.15, 0.2) is 0 Å². The largest absolute Gasteiger partial charge is 0.493 e. The van der Waals surface area contributed by atoms with E-state index in [1.807, 2.05) is 19.1 Å². The molecule has 0 bridgehead atoms. The molecule has 0 saturated carbocycles. The van der Waals surface area contributed by atoms with E-state index in [1.165, 1.54) is 5.56 Å². The van der Waals surface area contributed by atoms with Crippen LogP contribution < -0.4 is 4.74 Å². The van der Waals surface area contributed by atoms with Gasteiger partial charge in [-0.25, -0.2) is 0 Å². The average Bonchev–Trinajstić information content (AvgIpc) is 2.27. The fourth-order valence-electron chi connectivity index (χ4n) is 3.12. The van der Waals surface area contributed by atoms with Crippen molar-refractivity contribution in [3.05, 3.63) is 29.8 Å². The number of benzene rings is 1. The van der Waals surface area contributed by atoms with E-state index in [-0.39, 0.29) is 0 Å². The van der Waals surface area contributed by atoms with Crippen molar-refractivity contribution in [2.24, 2.45) is 5.92 Å². The minimum Gasteiger partial charge on any atom is -0.493 e. The number of para-hydroxylation sites is 1. The van der Waals surface area contributed by atoms with Crippen LogP contribution in [0.25, 0.3) is 0 Å². The summed E-state index contributed by atoms with van der Waals surface area (Å²) in [5, 5.41) is 10.5. The maximum atomic E-state index is 10.5. The first-order chi connectivity index (χ1) is 8.48. The van der Waals surface area contributed by atoms with Gasteiger partial charge in [0.05, 0.1) is 12.2 Å². The molecule has 100 valence electrons. The van der Waals surface area contributed by atoms with Gasteiger partial charge in [-0.15, -0.1) is 0 Å². The van der Waals surface area contributed by atoms with E-state index in [0.29, 0.717) is 11.8 Å². The standard InChI is InChI=1S/C16H24O2/c1-12(2)10-16(3,17)11-13-8-9-18-15-7-5-4-6-14(13)15/h4-7,12-13,17H,8-11H2,1-3H3. The van der Waals surface area contributed by atoms with E-state index in [1.54, 1.807) is 0 Å². The lowest BCUT2D eigenvalue weighted by molar-refractivity contribution is 0.0192. The van der Waals surface area contributed by atoms with Crippen LogP contribution in [0.15, 0.2) is 24.3 Å². The third kappa shape index (κ3) is 3.26. The highest BCUT2D eigenvalue weighted by Gasteiger charge is 2.30. The smallest absolute Gasteiger partial charge is 0.122 e. The highest BCUT2D eigenvalue weighted by Crippen LogP contribution is 2.39. The molecule has 0 amide bonds. The Hall–Kier alpha value is -1.02. The predicted molar refractivity (Wildman–Crippen MR) is 74.0 cm³/mol. The lowest BCUT2D eigenvalue weighted by atomic mass is 9.80. The Morgan fingerprint density at radius 3 is 2.83 bits per heavy atom. The number of hydrogen-bond donors (Lipinski definition) is 1. The zero-order valence-electron chi connectivity index (χ0n) is 11.6. The molecule has 1 heterocycles. The first-order valence-electron chi connectivity index (χ1n) is 6.92. The third-order valence-electron chi connectivity index (χ3n) is 3.62. The molecule has 2 unspecified atom stereocenters. The Morgan fingerprint density at radius 1 is 1.39 bits per heavy atom. The SMILES string of the molecule is CC(C)CC(C)(O)CC1CCOc2ccccc21. The summed E-state index contributed by atoms with van der Waals surface area (Å²) in [7, 11) is 0. The summed E-state index contributed by atoms with van der Waals surface area (Å²) in [6.45, 7) is 7.04. The van der Waals surface area contributed by atoms with Crippen LogP contribution in [-0.2, 0) is 0 Å². The van der Waals surface area contributed by atoms with Crippen molar-refractivity contribution in [3.63, 3.8) is 0 Å². The van der Waals surface area contributed by atoms with Gasteiger partial charge < -0.3 is 9.84 Å². The molecule has 2 rings (SSSR count). The van der Waals surface area contributed by atoms with Gasteiger partial charge in [-0.1, -0.05) is 32.0 Å². The summed E-state index contributed by atoms with van der Waals surface area (Å²) >= 11 is 0. The van der Waals surface area contributed by atoms with Gasteiger partial charge in [0.2, 0.25) is 0 Å². The van der Waals surface area contributed by atoms with Gasteiger partial charge >= 0.3 is 0 Å². The van der Waals surface area contributed by atoms with Crippen LogP contribution in [0.3, 0.4) is 0 Å². The number of fused-ring (bicyclic) bond motifs is 1. The Balaban J connectivity index is 2.11. The highest BCUT2D eigenvalue weighted by molar-refractivity contribution is 5.37. The molecule has 2 heteroatoms. The molecule has 0 fully saturated rings. The number of aliphatic hydroxyl groups is 1. The van der Waals surface area contributed by atoms with Crippen molar-refractivity contribution < 1.29 is 9.84 Å². The van der Waals surface area contributed by atoms with E-state index in [0.717, 1.165) is 31.6 Å². The van der Waals surface area contributed by atoms with Gasteiger partial charge in [0.1, 0.15) is 5.75 Å². The summed E-state index contributed by atoms with van der Waals surface area (Å²) in [4.78, 5) is 0. The summed E-state index contributed by atoms with van der Waals surface area (Å²) in [6, 6.07) is 8.22. The first-order valence-corrected chi connectivity index (χ1v) is 6.92. The molecule has 2 atom stereocenters. The molecular formula is C16H24O2. The Labute approximate surface area is 110 Å². The molecular weight excluding hydrogens is 224 g/mol. The zero-order chi connectivity index (χ0) is 13.2. The van der Waals surface area contributed by atoms with Crippen LogP contribution in [0.4, 0.5) is 0 Å². The van der Waals surface area contributed by atoms with Crippen LogP contribution in [0.5, 0.6) is 5.75 Å². The molecule has 0 radical (unpaired) electrons. The van der Waals surface area contributed by atoms with E-state index in [2.05, 4.69) is 26.0 Å². The molecule has 0 saturated heterocycles. The van der Waals surface area contributed by atoms with E-state index in [9.17, 15) is 5.11 Å². The molecule has 1 aliphatic heterocycles. The number of hydrogen-bond acceptors (Lipinski definition) is 2. The monoisotopic (exact) mass is 248 g/mol. The van der Waals surface area contributed by atoms with E-state index in [4.69, 9.17) is 4.74 Å². The molecule has 1 aromatic carbocycles. The van der Waals surface area contributed by atoms with Gasteiger partial charge in [-0.05, 0) is 49.7 Å². The van der Waals surface area contributed by atoms with E-state index >= 15 is 0 Å². The predicted octanol–water partition coefficient (Wildman–Crippen LogP) is 3.74. The number of ether oxygens (including phenoxy) is 1. The van der Waals surface area contributed by atoms with Crippen molar-refractivity contribution in [2.75, 3.05) is 6.61 Å². The maximum Gasteiger partial charge on any atom is 0.122 e. The van der Waals surface area contributed by atoms with Gasteiger partial charge in [-0.2, -0.15) is 0 Å². The van der Waals surface area contributed by atoms with Crippen LogP contribution in [0, 0.1) is 5.92 Å². The summed E-state index contributed by atoms with van der Waals surface area (Å²) in [5.74, 6) is 1.94. The quantitative estimate of drug-likeness (QED) is 0.879. The molecule has 1 N–H and O–H groups in total. The van der Waals surface area contributed by atoms with Crippen LogP contribution in [0.2, 0.25) is 0 Å². The number of rotatable bonds is 4. The topological polar surface area (TPSA) is 29.5 Å². The van der Waals surface area contributed by atoms with Crippen LogP contribution in [-0.4, -0.2) is 17.3 Å². The summed E-state index contributed by atoms with van der Waals surface area (Å²) in [5.41, 5.74) is 0.677. The molecule has 0 aromatic heterocycles. The minimum atomic E-state index is -0.580. The minimum absolute atomic E-state index is 0.420. The fourth-order valence-corrected chi connectivity index (χ4v) is 3.12. The molecule has 1 aromatic rings. The van der Waals surface area contributed by atoms with Crippen molar-refractivity contribution in [3.8, 4) is 5.75 Å². The lowest BCUT2D eigenvalue weighted by Gasteiger charge is -2.33. The Morgan fingerprint density at radius 2 is 2.11 bits per heavy atom. The van der Waals surface area contributed by atoms with E-state index < -0.39 is 5.60 Å². The van der Waals surface area contributed by atoms with Crippen molar-refractivity contribution in [1.82, 2.24) is 0 Å². The molecule has 0 spiro atoms. The van der Waals surface area contributed by atoms with Crippen LogP contribution >= 0.6 is 0 Å². The molecule has 2 nitrogen and oxygen atoms in total. The lowest BCUT2D eigenvalue weighted by Crippen LogP contribution is -2.30. The Kier molecular flexibility index (Phi) is 3.96. The van der Waals surface area contributed by atoms with Gasteiger partial charge in [-0.3, -0.25) is 0 Å². The second-order valence-corrected chi connectivity index (χ2v) is 6.17. The van der Waals surface area contributed by atoms with Crippen molar-refractivity contribution >= 4 is 0 Å². The first kappa shape index (κ1) is 13.4. The summed E-state index contributed by atoms with van der Waals surface area (Å²) in [6.07, 6.45) is 2.68. The second kappa shape index (κ2) is 5.31. The average molecular weight is 248 g/mol. The second-order valence-electron chi connectivity index (χ2n) is 6.17. The van der Waals surface area contributed by atoms with Crippen molar-refractivity contribution in [2.45, 2.75) is 51.6 Å². The fraction of sp³-hybridized carbons (Fsp3) is 0.625. The van der Waals surface area contributed by atoms with Crippen LogP contribution in [0.1, 0.15) is 51.5 Å². The maximum absolute atomic E-state index is 10.5. The third-order valence-corrected chi connectivity index (χ3v) is 3.62. The zero-order valence-corrected chi connectivity index (χ0v) is 11.6. The van der Waals surface area contributed by atoms with Crippen molar-refractivity contribution in [1.29, 1.82) is 0 Å². The normalized spacial score (nSPS) is 22.2. The highest BCUT2D eigenvalue weighted by atomic mass is 16.5. The molecule has 1 aliphatic rings. The van der Waals surface area contributed by atoms with Gasteiger partial charge in [0.25, 0.3) is 0 Å². The Bertz CT molecular complexity index is 396. The summed E-state index contributed by atoms with van der Waals surface area (Å²) < 4.78 is 5.67. The molecule has 18 heavy (non-hydrogen) atoms. The van der Waals surface area contributed by atoms with Gasteiger partial charge in [0, 0.05) is 0 Å². The molecule has 0 aliphatic carbocycles.